The summed E-state index contributed by atoms with van der Waals surface area (Å²) in [5, 5.41) is 0. The summed E-state index contributed by atoms with van der Waals surface area (Å²) in [7, 11) is 0. The van der Waals surface area contributed by atoms with E-state index in [0.29, 0.717) is 12.3 Å². The summed E-state index contributed by atoms with van der Waals surface area (Å²) >= 11 is 0. The van der Waals surface area contributed by atoms with Gasteiger partial charge in [0.05, 0.1) is 12.3 Å². The van der Waals surface area contributed by atoms with Gasteiger partial charge in [0, 0.05) is 31.7 Å². The molecule has 0 N–H and O–H groups in total. The molecule has 0 saturated carbocycles. The monoisotopic (exact) mass is 343 g/mol. The van der Waals surface area contributed by atoms with Crippen LogP contribution in [0.1, 0.15) is 49.7 Å². The fourth-order valence-corrected chi connectivity index (χ4v) is 2.33. The second-order valence-electron chi connectivity index (χ2n) is 5.60. The van der Waals surface area contributed by atoms with Crippen molar-refractivity contribution in [2.75, 3.05) is 24.6 Å². The van der Waals surface area contributed by atoms with Crippen molar-refractivity contribution in [3.8, 4) is 0 Å². The number of aromatic nitrogens is 2. The van der Waals surface area contributed by atoms with Gasteiger partial charge in [0.25, 0.3) is 0 Å². The molecule has 0 bridgehead atoms. The van der Waals surface area contributed by atoms with Gasteiger partial charge >= 0.3 is 5.97 Å². The van der Waals surface area contributed by atoms with E-state index in [2.05, 4.69) is 28.7 Å². The van der Waals surface area contributed by atoms with Crippen LogP contribution in [-0.4, -0.2) is 35.6 Å². The minimum absolute atomic E-state index is 0.342. The highest BCUT2D eigenvalue weighted by molar-refractivity contribution is 5.93. The van der Waals surface area contributed by atoms with Crippen molar-refractivity contribution in [1.82, 2.24) is 9.97 Å². The minimum Gasteiger partial charge on any atom is -0.461 e. The average Bonchev–Trinajstić information content (AvgIpc) is 2.63. The van der Waals surface area contributed by atoms with Gasteiger partial charge in [-0.05, 0) is 56.5 Å². The molecule has 5 heteroatoms. The van der Waals surface area contributed by atoms with Crippen LogP contribution >= 0.6 is 0 Å². The smallest absolute Gasteiger partial charge is 0.359 e. The summed E-state index contributed by atoms with van der Waals surface area (Å²) in [6.45, 7) is 10.3. The molecular formula is C20H29N3O2. The van der Waals surface area contributed by atoms with E-state index in [0.717, 1.165) is 31.6 Å². The fraction of sp³-hybridized carbons (Fsp3) is 0.450. The summed E-state index contributed by atoms with van der Waals surface area (Å²) < 4.78 is 5.05. The third-order valence-electron chi connectivity index (χ3n) is 3.43. The van der Waals surface area contributed by atoms with Crippen LogP contribution in [0.5, 0.6) is 0 Å². The third-order valence-corrected chi connectivity index (χ3v) is 3.43. The van der Waals surface area contributed by atoms with E-state index in [1.54, 1.807) is 25.5 Å². The molecule has 136 valence electrons. The number of carbonyl (C=O) groups excluding carboxylic acids is 1. The molecule has 0 aliphatic carbocycles. The first kappa shape index (κ1) is 20.6. The van der Waals surface area contributed by atoms with Crippen molar-refractivity contribution in [1.29, 1.82) is 0 Å². The van der Waals surface area contributed by atoms with Gasteiger partial charge in [-0.2, -0.15) is 0 Å². The van der Waals surface area contributed by atoms with Crippen LogP contribution < -0.4 is 4.90 Å². The van der Waals surface area contributed by atoms with Crippen LogP contribution in [0.15, 0.2) is 42.9 Å². The highest BCUT2D eigenvalue weighted by atomic mass is 16.5. The maximum atomic E-state index is 11.9. The summed E-state index contributed by atoms with van der Waals surface area (Å²) in [4.78, 5) is 22.1. The number of rotatable bonds is 7. The second kappa shape index (κ2) is 12.0. The zero-order chi connectivity index (χ0) is 18.5. The number of anilines is 1. The van der Waals surface area contributed by atoms with Crippen LogP contribution in [0, 0.1) is 6.92 Å². The number of hydrogen-bond donors (Lipinski definition) is 0. The Hall–Kier alpha value is -2.43. The van der Waals surface area contributed by atoms with Crippen LogP contribution in [-0.2, 0) is 4.74 Å². The minimum atomic E-state index is -0.342. The van der Waals surface area contributed by atoms with Crippen molar-refractivity contribution in [2.45, 2.75) is 40.5 Å². The lowest BCUT2D eigenvalue weighted by Gasteiger charge is -2.25. The zero-order valence-corrected chi connectivity index (χ0v) is 15.7. The van der Waals surface area contributed by atoms with E-state index in [1.165, 1.54) is 5.56 Å². The maximum Gasteiger partial charge on any atom is 0.359 e. The van der Waals surface area contributed by atoms with E-state index in [-0.39, 0.29) is 5.97 Å². The van der Waals surface area contributed by atoms with Gasteiger partial charge in [-0.1, -0.05) is 13.8 Å². The van der Waals surface area contributed by atoms with Crippen LogP contribution in [0.2, 0.25) is 0 Å². The Balaban J connectivity index is 0.000000370. The predicted octanol–water partition coefficient (Wildman–Crippen LogP) is 4.27. The number of esters is 1. The van der Waals surface area contributed by atoms with Gasteiger partial charge in [0.15, 0.2) is 5.69 Å². The number of carbonyl (C=O) groups is 1. The van der Waals surface area contributed by atoms with E-state index in [4.69, 9.17) is 4.74 Å². The van der Waals surface area contributed by atoms with E-state index in [9.17, 15) is 4.79 Å². The standard InChI is InChI=1S/C14H22N2O2.C6H7N/c1-4-10-16(11-5-2)12-8-7-9-15-13(12)14(17)18-6-3;1-6-2-4-7-5-3-6/h7-9H,4-6,10-11H2,1-3H3;2-5H,1H3. The molecular weight excluding hydrogens is 314 g/mol. The first-order valence-corrected chi connectivity index (χ1v) is 8.87. The molecule has 2 rings (SSSR count). The quantitative estimate of drug-likeness (QED) is 0.703. The Morgan fingerprint density at radius 2 is 1.68 bits per heavy atom. The molecule has 2 heterocycles. The Morgan fingerprint density at radius 3 is 2.16 bits per heavy atom. The molecule has 0 saturated heterocycles. The largest absolute Gasteiger partial charge is 0.461 e. The van der Waals surface area contributed by atoms with E-state index in [1.807, 2.05) is 31.2 Å². The van der Waals surface area contributed by atoms with Crippen LogP contribution in [0.25, 0.3) is 0 Å². The number of ether oxygens (including phenoxy) is 1. The molecule has 0 radical (unpaired) electrons. The highest BCUT2D eigenvalue weighted by Crippen LogP contribution is 2.19. The van der Waals surface area contributed by atoms with Gasteiger partial charge in [-0.15, -0.1) is 0 Å². The summed E-state index contributed by atoms with van der Waals surface area (Å²) in [5.41, 5.74) is 2.55. The number of nitrogens with zero attached hydrogens (tertiary/aromatic N) is 3. The molecule has 0 spiro atoms. The first-order valence-electron chi connectivity index (χ1n) is 8.87. The van der Waals surface area contributed by atoms with E-state index < -0.39 is 0 Å². The second-order valence-corrected chi connectivity index (χ2v) is 5.60. The fourth-order valence-electron chi connectivity index (χ4n) is 2.33. The van der Waals surface area contributed by atoms with Crippen molar-refractivity contribution in [2.24, 2.45) is 0 Å². The summed E-state index contributed by atoms with van der Waals surface area (Å²) in [5.74, 6) is -0.342. The molecule has 0 fully saturated rings. The average molecular weight is 343 g/mol. The number of pyridine rings is 2. The zero-order valence-electron chi connectivity index (χ0n) is 15.7. The SMILES string of the molecule is CCCN(CCC)c1cccnc1C(=O)OCC.Cc1ccncc1. The molecule has 0 unspecified atom stereocenters. The Bertz CT molecular complexity index is 611. The van der Waals surface area contributed by atoms with Gasteiger partial charge in [-0.3, -0.25) is 4.98 Å². The maximum absolute atomic E-state index is 11.9. The van der Waals surface area contributed by atoms with Gasteiger partial charge in [0.1, 0.15) is 0 Å². The molecule has 0 aliphatic rings. The molecule has 0 atom stereocenters. The molecule has 25 heavy (non-hydrogen) atoms. The Labute approximate surface area is 151 Å². The lowest BCUT2D eigenvalue weighted by molar-refractivity contribution is 0.0520. The van der Waals surface area contributed by atoms with Crippen molar-refractivity contribution >= 4 is 11.7 Å². The number of aryl methyl sites for hydroxylation is 1. The van der Waals surface area contributed by atoms with Crippen molar-refractivity contribution < 1.29 is 9.53 Å². The highest BCUT2D eigenvalue weighted by Gasteiger charge is 2.17. The molecule has 2 aromatic heterocycles. The Kier molecular flexibility index (Phi) is 9.90. The predicted molar refractivity (Wildman–Crippen MR) is 102 cm³/mol. The van der Waals surface area contributed by atoms with Crippen LogP contribution in [0.4, 0.5) is 5.69 Å². The molecule has 5 nitrogen and oxygen atoms in total. The normalized spacial score (nSPS) is 9.76. The van der Waals surface area contributed by atoms with Crippen molar-refractivity contribution in [3.05, 3.63) is 54.1 Å². The summed E-state index contributed by atoms with van der Waals surface area (Å²) in [6.07, 6.45) is 7.28. The number of hydrogen-bond acceptors (Lipinski definition) is 5. The van der Waals surface area contributed by atoms with Crippen LogP contribution in [0.3, 0.4) is 0 Å². The summed E-state index contributed by atoms with van der Waals surface area (Å²) in [6, 6.07) is 7.74. The van der Waals surface area contributed by atoms with Gasteiger partial charge < -0.3 is 9.64 Å². The van der Waals surface area contributed by atoms with Gasteiger partial charge in [-0.25, -0.2) is 9.78 Å². The lowest BCUT2D eigenvalue weighted by Crippen LogP contribution is -2.27. The van der Waals surface area contributed by atoms with Crippen molar-refractivity contribution in [3.63, 3.8) is 0 Å². The molecule has 0 amide bonds. The molecule has 0 aromatic carbocycles. The molecule has 2 aromatic rings. The first-order chi connectivity index (χ1) is 12.1. The molecule has 0 aliphatic heterocycles. The third kappa shape index (κ3) is 7.33. The topological polar surface area (TPSA) is 55.3 Å². The lowest BCUT2D eigenvalue weighted by atomic mass is 10.2. The van der Waals surface area contributed by atoms with Gasteiger partial charge in [0.2, 0.25) is 0 Å². The Morgan fingerprint density at radius 1 is 1.04 bits per heavy atom. The van der Waals surface area contributed by atoms with E-state index >= 15 is 0 Å².